The third-order valence-corrected chi connectivity index (χ3v) is 2.65. The van der Waals surface area contributed by atoms with Crippen molar-refractivity contribution in [2.24, 2.45) is 5.73 Å². The van der Waals surface area contributed by atoms with Gasteiger partial charge >= 0.3 is 0 Å². The Bertz CT molecular complexity index is 453. The minimum absolute atomic E-state index is 0.282. The molecule has 0 unspecified atom stereocenters. The Kier molecular flexibility index (Phi) is 3.22. The lowest BCUT2D eigenvalue weighted by Crippen LogP contribution is -2.11. The second-order valence-corrected chi connectivity index (χ2v) is 4.02. The van der Waals surface area contributed by atoms with Crippen LogP contribution in [0.3, 0.4) is 0 Å². The van der Waals surface area contributed by atoms with Crippen molar-refractivity contribution in [3.05, 3.63) is 70.5 Å². The number of hydrogen-bond donors (Lipinski definition) is 1. The first-order valence-corrected chi connectivity index (χ1v) is 5.31. The fourth-order valence-corrected chi connectivity index (χ4v) is 1.79. The predicted molar refractivity (Wildman–Crippen MR) is 63.9 cm³/mol. The summed E-state index contributed by atoms with van der Waals surface area (Å²) in [7, 11) is 0. The molecule has 0 saturated carbocycles. The maximum atomic E-state index is 13.0. The van der Waals surface area contributed by atoms with Gasteiger partial charge in [-0.05, 0) is 35.4 Å². The average molecular weight is 236 g/mol. The van der Waals surface area contributed by atoms with Gasteiger partial charge in [0, 0.05) is 5.02 Å². The predicted octanol–water partition coefficient (Wildman–Crippen LogP) is 3.53. The van der Waals surface area contributed by atoms with Crippen molar-refractivity contribution >= 4 is 11.6 Å². The van der Waals surface area contributed by atoms with Crippen LogP contribution in [0.5, 0.6) is 0 Å². The molecule has 0 aromatic heterocycles. The normalized spacial score (nSPS) is 12.4. The van der Waals surface area contributed by atoms with E-state index in [1.54, 1.807) is 24.3 Å². The third-order valence-electron chi connectivity index (χ3n) is 2.42. The lowest BCUT2D eigenvalue weighted by atomic mass is 10.00. The lowest BCUT2D eigenvalue weighted by molar-refractivity contribution is 0.623. The zero-order valence-electron chi connectivity index (χ0n) is 8.53. The van der Waals surface area contributed by atoms with Crippen LogP contribution in [0.2, 0.25) is 5.02 Å². The number of rotatable bonds is 2. The fourth-order valence-electron chi connectivity index (χ4n) is 1.59. The summed E-state index contributed by atoms with van der Waals surface area (Å²) >= 11 is 5.88. The molecule has 0 aliphatic carbocycles. The van der Waals surface area contributed by atoms with Crippen LogP contribution >= 0.6 is 11.6 Å². The van der Waals surface area contributed by atoms with Gasteiger partial charge in [-0.2, -0.15) is 0 Å². The Labute approximate surface area is 98.7 Å². The van der Waals surface area contributed by atoms with Crippen molar-refractivity contribution in [3.63, 3.8) is 0 Å². The number of halogens is 2. The molecule has 2 aromatic carbocycles. The van der Waals surface area contributed by atoms with Crippen molar-refractivity contribution in [1.29, 1.82) is 0 Å². The van der Waals surface area contributed by atoms with Crippen LogP contribution in [0.1, 0.15) is 17.2 Å². The van der Waals surface area contributed by atoms with E-state index in [0.717, 1.165) is 11.1 Å². The molecule has 82 valence electrons. The van der Waals surface area contributed by atoms with E-state index in [1.165, 1.54) is 12.1 Å². The van der Waals surface area contributed by atoms with Crippen molar-refractivity contribution in [3.8, 4) is 0 Å². The Balaban J connectivity index is 2.35. The average Bonchev–Trinajstić information content (AvgIpc) is 2.28. The zero-order valence-corrected chi connectivity index (χ0v) is 9.29. The largest absolute Gasteiger partial charge is 0.320 e. The van der Waals surface area contributed by atoms with E-state index in [9.17, 15) is 4.39 Å². The van der Waals surface area contributed by atoms with Crippen LogP contribution in [0.4, 0.5) is 4.39 Å². The summed E-state index contributed by atoms with van der Waals surface area (Å²) < 4.78 is 13.0. The van der Waals surface area contributed by atoms with Gasteiger partial charge in [-0.1, -0.05) is 35.9 Å². The van der Waals surface area contributed by atoms with Crippen molar-refractivity contribution in [2.75, 3.05) is 0 Å². The molecule has 0 spiro atoms. The summed E-state index contributed by atoms with van der Waals surface area (Å²) in [5.74, 6) is -0.282. The number of hydrogen-bond acceptors (Lipinski definition) is 1. The Hall–Kier alpha value is -1.38. The smallest absolute Gasteiger partial charge is 0.123 e. The van der Waals surface area contributed by atoms with Crippen LogP contribution in [0.15, 0.2) is 48.5 Å². The first kappa shape index (κ1) is 11.1. The maximum Gasteiger partial charge on any atom is 0.123 e. The molecular weight excluding hydrogens is 225 g/mol. The number of nitrogens with two attached hydrogens (primary N) is 1. The van der Waals surface area contributed by atoms with Gasteiger partial charge in [0.25, 0.3) is 0 Å². The highest BCUT2D eigenvalue weighted by atomic mass is 35.5. The van der Waals surface area contributed by atoms with Crippen molar-refractivity contribution in [2.45, 2.75) is 6.04 Å². The molecule has 3 heteroatoms. The van der Waals surface area contributed by atoms with E-state index in [4.69, 9.17) is 17.3 Å². The zero-order chi connectivity index (χ0) is 11.5. The Morgan fingerprint density at radius 1 is 1.00 bits per heavy atom. The summed E-state index contributed by atoms with van der Waals surface area (Å²) in [5.41, 5.74) is 7.64. The maximum absolute atomic E-state index is 13.0. The molecule has 2 aromatic rings. The fraction of sp³-hybridized carbons (Fsp3) is 0.0769. The highest BCUT2D eigenvalue weighted by molar-refractivity contribution is 6.30. The second-order valence-electron chi connectivity index (χ2n) is 3.59. The Morgan fingerprint density at radius 3 is 2.25 bits per heavy atom. The molecule has 0 aliphatic heterocycles. The van der Waals surface area contributed by atoms with Gasteiger partial charge in [-0.25, -0.2) is 4.39 Å². The van der Waals surface area contributed by atoms with E-state index in [-0.39, 0.29) is 11.9 Å². The summed E-state index contributed by atoms with van der Waals surface area (Å²) in [6, 6.07) is 13.2. The standard InChI is InChI=1S/C13H11ClFN/c14-11-5-1-3-9(7-11)13(16)10-4-2-6-12(15)8-10/h1-8,13H,16H2/t13-/m0/s1. The van der Waals surface area contributed by atoms with E-state index in [1.807, 2.05) is 12.1 Å². The lowest BCUT2D eigenvalue weighted by Gasteiger charge is -2.12. The van der Waals surface area contributed by atoms with Crippen molar-refractivity contribution in [1.82, 2.24) is 0 Å². The highest BCUT2D eigenvalue weighted by Gasteiger charge is 2.09. The molecule has 2 N–H and O–H groups in total. The van der Waals surface area contributed by atoms with E-state index < -0.39 is 0 Å². The van der Waals surface area contributed by atoms with Gasteiger partial charge in [-0.3, -0.25) is 0 Å². The quantitative estimate of drug-likeness (QED) is 0.847. The van der Waals surface area contributed by atoms with Crippen molar-refractivity contribution < 1.29 is 4.39 Å². The Morgan fingerprint density at radius 2 is 1.62 bits per heavy atom. The van der Waals surface area contributed by atoms with E-state index in [0.29, 0.717) is 5.02 Å². The van der Waals surface area contributed by atoms with Gasteiger partial charge in [0.2, 0.25) is 0 Å². The molecule has 0 radical (unpaired) electrons. The van der Waals surface area contributed by atoms with Crippen LogP contribution in [0.25, 0.3) is 0 Å². The minimum atomic E-state index is -0.352. The van der Waals surface area contributed by atoms with Gasteiger partial charge in [0.15, 0.2) is 0 Å². The first-order chi connectivity index (χ1) is 7.66. The molecule has 0 heterocycles. The molecular formula is C13H11ClFN. The first-order valence-electron chi connectivity index (χ1n) is 4.93. The van der Waals surface area contributed by atoms with Gasteiger partial charge in [-0.15, -0.1) is 0 Å². The van der Waals surface area contributed by atoms with Gasteiger partial charge < -0.3 is 5.73 Å². The third kappa shape index (κ3) is 2.40. The van der Waals surface area contributed by atoms with Crippen LogP contribution in [-0.4, -0.2) is 0 Å². The topological polar surface area (TPSA) is 26.0 Å². The highest BCUT2D eigenvalue weighted by Crippen LogP contribution is 2.22. The number of benzene rings is 2. The van der Waals surface area contributed by atoms with Gasteiger partial charge in [0.1, 0.15) is 5.82 Å². The summed E-state index contributed by atoms with van der Waals surface area (Å²) in [5, 5.41) is 0.629. The van der Waals surface area contributed by atoms with Crippen LogP contribution in [-0.2, 0) is 0 Å². The molecule has 2 rings (SSSR count). The SMILES string of the molecule is N[C@H](c1cccc(F)c1)c1cccc(Cl)c1. The molecule has 1 atom stereocenters. The molecule has 0 saturated heterocycles. The summed E-state index contributed by atoms with van der Waals surface area (Å²) in [6.45, 7) is 0. The molecule has 16 heavy (non-hydrogen) atoms. The molecule has 1 nitrogen and oxygen atoms in total. The summed E-state index contributed by atoms with van der Waals surface area (Å²) in [4.78, 5) is 0. The molecule has 0 bridgehead atoms. The molecule has 0 amide bonds. The molecule has 0 fully saturated rings. The van der Waals surface area contributed by atoms with E-state index >= 15 is 0 Å². The minimum Gasteiger partial charge on any atom is -0.320 e. The monoisotopic (exact) mass is 235 g/mol. The van der Waals surface area contributed by atoms with Crippen LogP contribution < -0.4 is 5.73 Å². The van der Waals surface area contributed by atoms with E-state index in [2.05, 4.69) is 0 Å². The molecule has 0 aliphatic rings. The van der Waals surface area contributed by atoms with Crippen LogP contribution in [0, 0.1) is 5.82 Å². The summed E-state index contributed by atoms with van der Waals surface area (Å²) in [6.07, 6.45) is 0. The second kappa shape index (κ2) is 4.64. The van der Waals surface area contributed by atoms with Gasteiger partial charge in [0.05, 0.1) is 6.04 Å².